The quantitative estimate of drug-likeness (QED) is 0.342. The molecule has 2 heterocycles. The van der Waals surface area contributed by atoms with Gasteiger partial charge in [-0.1, -0.05) is 0 Å². The van der Waals surface area contributed by atoms with Crippen molar-refractivity contribution >= 4 is 21.7 Å². The van der Waals surface area contributed by atoms with Gasteiger partial charge in [-0.3, -0.25) is 14.6 Å². The van der Waals surface area contributed by atoms with Crippen molar-refractivity contribution in [2.45, 2.75) is 92.2 Å². The number of likely N-dealkylation sites (tertiary alicyclic amines) is 1. The summed E-state index contributed by atoms with van der Waals surface area (Å²) in [6.45, 7) is 0.414. The largest absolute Gasteiger partial charge is 0.481 e. The molecule has 2 aromatic rings. The number of carbonyl (C=O) groups excluding carboxylic acids is 1. The van der Waals surface area contributed by atoms with Gasteiger partial charge in [0, 0.05) is 23.7 Å². The minimum Gasteiger partial charge on any atom is -0.481 e. The van der Waals surface area contributed by atoms with Gasteiger partial charge in [0.2, 0.25) is 11.6 Å². The third kappa shape index (κ3) is 4.09. The van der Waals surface area contributed by atoms with Crippen LogP contribution in [-0.4, -0.2) is 54.0 Å². The number of fused-ring (bicyclic) bond motifs is 6. The summed E-state index contributed by atoms with van der Waals surface area (Å²) < 4.78 is 96.5. The van der Waals surface area contributed by atoms with Crippen molar-refractivity contribution in [1.82, 2.24) is 9.88 Å². The zero-order valence-corrected chi connectivity index (χ0v) is 24.2. The van der Waals surface area contributed by atoms with E-state index in [-0.39, 0.29) is 47.9 Å². The van der Waals surface area contributed by atoms with E-state index < -0.39 is 60.7 Å². The van der Waals surface area contributed by atoms with E-state index in [1.165, 1.54) is 0 Å². The number of alkyl halides is 4. The zero-order valence-electron chi connectivity index (χ0n) is 23.4. The Morgan fingerprint density at radius 2 is 1.56 bits per heavy atom. The Labute approximate surface area is 245 Å². The Morgan fingerprint density at radius 1 is 0.977 bits per heavy atom. The fourth-order valence-electron chi connectivity index (χ4n) is 7.96. The number of nitrogens with zero attached hydrogens (tertiary/aromatic N) is 2. The molecule has 7 nitrogen and oxygen atoms in total. The number of carbonyl (C=O) groups is 2. The van der Waals surface area contributed by atoms with Crippen molar-refractivity contribution in [1.29, 1.82) is 0 Å². The minimum absolute atomic E-state index is 0.0280. The Hall–Kier alpha value is -3.09. The van der Waals surface area contributed by atoms with Gasteiger partial charge in [0.1, 0.15) is 10.6 Å². The van der Waals surface area contributed by atoms with Crippen LogP contribution < -0.4 is 0 Å². The molecule has 5 aliphatic rings. The third-order valence-electron chi connectivity index (χ3n) is 10.8. The highest BCUT2D eigenvalue weighted by Gasteiger charge is 2.65. The summed E-state index contributed by atoms with van der Waals surface area (Å²) in [5, 5.41) is 9.78. The van der Waals surface area contributed by atoms with Crippen molar-refractivity contribution in [2.24, 2.45) is 10.8 Å². The van der Waals surface area contributed by atoms with Gasteiger partial charge in [0.05, 0.1) is 22.0 Å². The van der Waals surface area contributed by atoms with E-state index in [9.17, 15) is 45.1 Å². The van der Waals surface area contributed by atoms with Gasteiger partial charge >= 0.3 is 12.1 Å². The van der Waals surface area contributed by atoms with Gasteiger partial charge in [-0.15, -0.1) is 0 Å². The predicted molar refractivity (Wildman–Crippen MR) is 143 cm³/mol. The average molecular weight is 627 g/mol. The molecule has 1 aliphatic heterocycles. The van der Waals surface area contributed by atoms with Crippen LogP contribution in [0, 0.1) is 16.6 Å². The number of benzene rings is 1. The van der Waals surface area contributed by atoms with E-state index in [0.717, 1.165) is 30.3 Å². The lowest BCUT2D eigenvalue weighted by molar-refractivity contribution is -0.228. The van der Waals surface area contributed by atoms with Gasteiger partial charge in [0.15, 0.2) is 9.84 Å². The molecule has 1 saturated heterocycles. The lowest BCUT2D eigenvalue weighted by atomic mass is 9.53. The topological polar surface area (TPSA) is 105 Å². The Kier molecular flexibility index (Phi) is 6.59. The van der Waals surface area contributed by atoms with Crippen molar-refractivity contribution in [3.8, 4) is 0 Å². The highest BCUT2D eigenvalue weighted by atomic mass is 32.2. The number of hydrogen-bond donors (Lipinski definition) is 1. The summed E-state index contributed by atoms with van der Waals surface area (Å²) in [5.74, 6) is -1.78. The van der Waals surface area contributed by atoms with Crippen LogP contribution in [0.5, 0.6) is 0 Å². The molecule has 2 bridgehead atoms. The van der Waals surface area contributed by atoms with E-state index in [0.29, 0.717) is 51.6 Å². The highest BCUT2D eigenvalue weighted by Crippen LogP contribution is 2.60. The van der Waals surface area contributed by atoms with Gasteiger partial charge in [-0.25, -0.2) is 17.2 Å². The van der Waals surface area contributed by atoms with Gasteiger partial charge in [-0.05, 0) is 101 Å². The number of halogens is 5. The summed E-state index contributed by atoms with van der Waals surface area (Å²) in [7, 11) is -4.42. The molecular weight excluding hydrogens is 595 g/mol. The van der Waals surface area contributed by atoms with Crippen LogP contribution in [0.15, 0.2) is 41.4 Å². The zero-order chi connectivity index (χ0) is 31.2. The summed E-state index contributed by atoms with van der Waals surface area (Å²) in [6, 6.07) is 4.29. The van der Waals surface area contributed by atoms with Gasteiger partial charge < -0.3 is 10.0 Å². The van der Waals surface area contributed by atoms with Crippen LogP contribution in [0.2, 0.25) is 0 Å². The Morgan fingerprint density at radius 3 is 2.12 bits per heavy atom. The van der Waals surface area contributed by atoms with Crippen LogP contribution in [0.4, 0.5) is 22.0 Å². The van der Waals surface area contributed by atoms with Crippen molar-refractivity contribution in [2.75, 3.05) is 6.54 Å². The number of aromatic nitrogens is 1. The molecule has 232 valence electrons. The molecule has 4 aliphatic carbocycles. The first-order chi connectivity index (χ1) is 20.0. The maximum Gasteiger partial charge on any atom is 0.426 e. The first-order valence-electron chi connectivity index (χ1n) is 14.3. The first kappa shape index (κ1) is 30.0. The smallest absolute Gasteiger partial charge is 0.426 e. The fraction of sp³-hybridized carbons (Fsp3) is 0.567. The third-order valence-corrected chi connectivity index (χ3v) is 13.3. The number of rotatable bonds is 5. The van der Waals surface area contributed by atoms with Crippen molar-refractivity contribution < 1.29 is 45.1 Å². The monoisotopic (exact) mass is 626 g/mol. The fourth-order valence-corrected chi connectivity index (χ4v) is 10.3. The molecule has 1 aromatic carbocycles. The maximum atomic E-state index is 14.9. The lowest BCUT2D eigenvalue weighted by Gasteiger charge is -2.52. The van der Waals surface area contributed by atoms with E-state index in [1.807, 2.05) is 0 Å². The molecule has 3 atom stereocenters. The Balaban J connectivity index is 1.45. The summed E-state index contributed by atoms with van der Waals surface area (Å²) in [6.07, 6.45) is -2.34. The number of pyridine rings is 1. The molecule has 7 rings (SSSR count). The lowest BCUT2D eigenvalue weighted by Crippen LogP contribution is -2.58. The molecule has 3 saturated carbocycles. The van der Waals surface area contributed by atoms with Gasteiger partial charge in [0.25, 0.3) is 0 Å². The molecule has 4 fully saturated rings. The van der Waals surface area contributed by atoms with Crippen LogP contribution >= 0.6 is 0 Å². The normalized spacial score (nSPS) is 31.7. The van der Waals surface area contributed by atoms with Crippen LogP contribution in [0.1, 0.15) is 75.1 Å². The SMILES string of the molecule is CC(F)(c1cnc2c(c1)CCC1N(C(=O)C34CCC(C(=O)O)(CC3)CC4)CCC21S(=O)(=O)c1ccc(F)cc1)C(F)(F)F. The van der Waals surface area contributed by atoms with Crippen molar-refractivity contribution in [3.63, 3.8) is 0 Å². The minimum atomic E-state index is -5.23. The molecule has 1 aromatic heterocycles. The van der Waals surface area contributed by atoms with Crippen LogP contribution in [0.3, 0.4) is 0 Å². The molecule has 1 N–H and O–H groups in total. The summed E-state index contributed by atoms with van der Waals surface area (Å²) in [4.78, 5) is 31.8. The standard InChI is InChI=1S/C30H31F5N2O5S/c1-26(32,30(33,34)35)19-16-18-2-7-22-29(23(18)36-17-19,43(41,42)21-5-3-20(31)4-6-21)14-15-37(22)24(38)27-8-11-28(12-9-27,13-10-27)25(39)40/h3-6,16-17,22H,2,7-15H2,1H3,(H,39,40). The van der Waals surface area contributed by atoms with Crippen molar-refractivity contribution in [3.05, 3.63) is 59.2 Å². The average Bonchev–Trinajstić information content (AvgIpc) is 3.38. The molecule has 0 radical (unpaired) electrons. The van der Waals surface area contributed by atoms with Crippen LogP contribution in [0.25, 0.3) is 0 Å². The molecule has 1 amide bonds. The highest BCUT2D eigenvalue weighted by molar-refractivity contribution is 7.92. The number of hydrogen-bond acceptors (Lipinski definition) is 5. The van der Waals surface area contributed by atoms with E-state index >= 15 is 0 Å². The van der Waals surface area contributed by atoms with Crippen LogP contribution in [-0.2, 0) is 36.3 Å². The number of amides is 1. The van der Waals surface area contributed by atoms with E-state index in [1.54, 1.807) is 4.90 Å². The van der Waals surface area contributed by atoms with E-state index in [2.05, 4.69) is 4.98 Å². The van der Waals surface area contributed by atoms with E-state index in [4.69, 9.17) is 0 Å². The molecule has 0 spiro atoms. The first-order valence-corrected chi connectivity index (χ1v) is 15.8. The summed E-state index contributed by atoms with van der Waals surface area (Å²) >= 11 is 0. The second kappa shape index (κ2) is 9.45. The second-order valence-electron chi connectivity index (χ2n) is 12.7. The molecule has 3 unspecified atom stereocenters. The molecular formula is C30H31F5N2O5S. The number of sulfone groups is 1. The number of carboxylic acids is 1. The number of aryl methyl sites for hydroxylation is 1. The second-order valence-corrected chi connectivity index (χ2v) is 15.0. The molecule has 13 heteroatoms. The number of carboxylic acid groups (broad SMARTS) is 1. The predicted octanol–water partition coefficient (Wildman–Crippen LogP) is 5.61. The molecule has 43 heavy (non-hydrogen) atoms. The Bertz CT molecular complexity index is 1580. The maximum absolute atomic E-state index is 14.9. The number of aliphatic carboxylic acids is 1. The van der Waals surface area contributed by atoms with Gasteiger partial charge in [-0.2, -0.15) is 13.2 Å². The summed E-state index contributed by atoms with van der Waals surface area (Å²) in [5.41, 5.74) is -6.02.